The fourth-order valence-corrected chi connectivity index (χ4v) is 5.00. The number of fused-ring (bicyclic) bond motifs is 1. The van der Waals surface area contributed by atoms with E-state index in [0.717, 1.165) is 23.7 Å². The number of nitrogens with zero attached hydrogens (tertiary/aromatic N) is 2. The van der Waals surface area contributed by atoms with Gasteiger partial charge in [0.2, 0.25) is 0 Å². The summed E-state index contributed by atoms with van der Waals surface area (Å²) in [7, 11) is 0. The Morgan fingerprint density at radius 1 is 1.13 bits per heavy atom. The van der Waals surface area contributed by atoms with Gasteiger partial charge in [0.15, 0.2) is 0 Å². The highest BCUT2D eigenvalue weighted by Crippen LogP contribution is 2.50. The summed E-state index contributed by atoms with van der Waals surface area (Å²) in [6.45, 7) is 0.928. The monoisotopic (exact) mass is 340 g/mol. The normalized spacial score (nSPS) is 19.7. The van der Waals surface area contributed by atoms with Crippen molar-refractivity contribution in [3.05, 3.63) is 89.0 Å². The third-order valence-corrected chi connectivity index (χ3v) is 6.17. The van der Waals surface area contributed by atoms with Crippen LogP contribution in [0.15, 0.2) is 67.3 Å². The van der Waals surface area contributed by atoms with Crippen molar-refractivity contribution in [3.63, 3.8) is 0 Å². The van der Waals surface area contributed by atoms with Gasteiger partial charge in [-0.05, 0) is 35.2 Å². The number of benzene rings is 2. The summed E-state index contributed by atoms with van der Waals surface area (Å²) >= 11 is 8.08. The van der Waals surface area contributed by atoms with Crippen molar-refractivity contribution in [2.75, 3.05) is 0 Å². The molecule has 1 aliphatic rings. The molecule has 0 bridgehead atoms. The molecule has 4 heteroatoms. The number of rotatable bonds is 4. The summed E-state index contributed by atoms with van der Waals surface area (Å²) in [6.07, 6.45) is 6.79. The van der Waals surface area contributed by atoms with E-state index in [2.05, 4.69) is 45.9 Å². The molecule has 0 saturated heterocycles. The van der Waals surface area contributed by atoms with Gasteiger partial charge in [-0.1, -0.05) is 48.0 Å². The zero-order valence-electron chi connectivity index (χ0n) is 12.7. The fourth-order valence-electron chi connectivity index (χ4n) is 3.32. The second-order valence-corrected chi connectivity index (χ2v) is 7.77. The van der Waals surface area contributed by atoms with Gasteiger partial charge in [-0.25, -0.2) is 4.98 Å². The number of aromatic nitrogens is 2. The Morgan fingerprint density at radius 3 is 2.74 bits per heavy atom. The van der Waals surface area contributed by atoms with Gasteiger partial charge < -0.3 is 4.57 Å². The van der Waals surface area contributed by atoms with Crippen LogP contribution in [0.4, 0.5) is 0 Å². The van der Waals surface area contributed by atoms with Crippen LogP contribution in [-0.4, -0.2) is 9.55 Å². The lowest BCUT2D eigenvalue weighted by Gasteiger charge is -2.30. The van der Waals surface area contributed by atoms with Crippen LogP contribution >= 0.6 is 23.4 Å². The number of hydrogen-bond acceptors (Lipinski definition) is 2. The number of thioether (sulfide) groups is 1. The third-order valence-electron chi connectivity index (χ3n) is 4.41. The van der Waals surface area contributed by atoms with Gasteiger partial charge >= 0.3 is 0 Å². The molecule has 2 nitrogen and oxygen atoms in total. The molecule has 0 spiro atoms. The standard InChI is InChI=1S/C19H17ClN2S/c20-17-7-5-15(6-8-17)11-19(13-22-10-9-21-14-22)18-4-2-1-3-16(18)12-23-19/h1-10,14H,11-13H2. The zero-order chi connectivity index (χ0) is 15.7. The van der Waals surface area contributed by atoms with Crippen LogP contribution in [0.5, 0.6) is 0 Å². The molecule has 2 heterocycles. The predicted molar refractivity (Wildman–Crippen MR) is 96.8 cm³/mol. The minimum atomic E-state index is 0.0467. The Balaban J connectivity index is 1.74. The molecule has 2 aromatic carbocycles. The fraction of sp³-hybridized carbons (Fsp3) is 0.211. The van der Waals surface area contributed by atoms with Gasteiger partial charge in [0.25, 0.3) is 0 Å². The Kier molecular flexibility index (Phi) is 3.92. The molecule has 0 fully saturated rings. The van der Waals surface area contributed by atoms with Crippen LogP contribution in [-0.2, 0) is 23.5 Å². The number of halogens is 1. The SMILES string of the molecule is Clc1ccc(CC2(Cn3ccnc3)SCc3ccccc32)cc1. The van der Waals surface area contributed by atoms with E-state index in [4.69, 9.17) is 11.6 Å². The number of hydrogen-bond donors (Lipinski definition) is 0. The Hall–Kier alpha value is -1.71. The van der Waals surface area contributed by atoms with E-state index in [1.807, 2.05) is 42.6 Å². The molecular weight excluding hydrogens is 324 g/mol. The van der Waals surface area contributed by atoms with E-state index in [1.165, 1.54) is 16.7 Å². The van der Waals surface area contributed by atoms with Crippen molar-refractivity contribution in [2.24, 2.45) is 0 Å². The smallest absolute Gasteiger partial charge is 0.0946 e. The Bertz CT molecular complexity index is 799. The summed E-state index contributed by atoms with van der Waals surface area (Å²) in [6, 6.07) is 17.0. The average molecular weight is 341 g/mol. The second-order valence-electron chi connectivity index (χ2n) is 5.98. The maximum Gasteiger partial charge on any atom is 0.0946 e. The van der Waals surface area contributed by atoms with Crippen LogP contribution < -0.4 is 0 Å². The molecule has 0 aliphatic carbocycles. The highest BCUT2D eigenvalue weighted by Gasteiger charge is 2.39. The van der Waals surface area contributed by atoms with Crippen LogP contribution in [0.3, 0.4) is 0 Å². The van der Waals surface area contributed by atoms with Crippen LogP contribution in [0.25, 0.3) is 0 Å². The van der Waals surface area contributed by atoms with Crippen molar-refractivity contribution in [2.45, 2.75) is 23.5 Å². The molecular formula is C19H17ClN2S. The van der Waals surface area contributed by atoms with E-state index < -0.39 is 0 Å². The van der Waals surface area contributed by atoms with E-state index in [0.29, 0.717) is 0 Å². The van der Waals surface area contributed by atoms with Crippen LogP contribution in [0.2, 0.25) is 5.02 Å². The summed E-state index contributed by atoms with van der Waals surface area (Å²) < 4.78 is 2.23. The molecule has 0 radical (unpaired) electrons. The van der Waals surface area contributed by atoms with Crippen molar-refractivity contribution < 1.29 is 0 Å². The Labute approximate surface area is 145 Å². The molecule has 23 heavy (non-hydrogen) atoms. The van der Waals surface area contributed by atoms with Crippen molar-refractivity contribution in [1.82, 2.24) is 9.55 Å². The highest BCUT2D eigenvalue weighted by molar-refractivity contribution is 7.99. The minimum Gasteiger partial charge on any atom is -0.336 e. The first-order chi connectivity index (χ1) is 11.3. The van der Waals surface area contributed by atoms with Crippen LogP contribution in [0, 0.1) is 0 Å². The first-order valence-corrected chi connectivity index (χ1v) is 9.04. The van der Waals surface area contributed by atoms with Gasteiger partial charge in [0, 0.05) is 29.7 Å². The average Bonchev–Trinajstić information content (AvgIpc) is 3.19. The maximum atomic E-state index is 6.04. The maximum absolute atomic E-state index is 6.04. The molecule has 1 atom stereocenters. The zero-order valence-corrected chi connectivity index (χ0v) is 14.2. The molecule has 0 N–H and O–H groups in total. The van der Waals surface area contributed by atoms with Crippen molar-refractivity contribution >= 4 is 23.4 Å². The summed E-state index contributed by atoms with van der Waals surface area (Å²) in [5.74, 6) is 1.07. The molecule has 0 saturated carbocycles. The molecule has 1 aromatic heterocycles. The topological polar surface area (TPSA) is 17.8 Å². The van der Waals surface area contributed by atoms with E-state index >= 15 is 0 Å². The first kappa shape index (κ1) is 14.9. The quantitative estimate of drug-likeness (QED) is 0.670. The summed E-state index contributed by atoms with van der Waals surface area (Å²) in [4.78, 5) is 4.21. The molecule has 4 rings (SSSR count). The summed E-state index contributed by atoms with van der Waals surface area (Å²) in [5, 5.41) is 0.789. The minimum absolute atomic E-state index is 0.0467. The first-order valence-electron chi connectivity index (χ1n) is 7.68. The van der Waals surface area contributed by atoms with Gasteiger partial charge in [-0.3, -0.25) is 0 Å². The predicted octanol–water partition coefficient (Wildman–Crippen LogP) is 4.92. The molecule has 1 aliphatic heterocycles. The van der Waals surface area contributed by atoms with Gasteiger partial charge in [0.05, 0.1) is 11.1 Å². The lowest BCUT2D eigenvalue weighted by Crippen LogP contribution is -2.28. The lowest BCUT2D eigenvalue weighted by atomic mass is 9.88. The lowest BCUT2D eigenvalue weighted by molar-refractivity contribution is 0.512. The summed E-state index contributed by atoms with van der Waals surface area (Å²) in [5.41, 5.74) is 4.22. The molecule has 0 amide bonds. The number of imidazole rings is 1. The van der Waals surface area contributed by atoms with Crippen molar-refractivity contribution in [3.8, 4) is 0 Å². The Morgan fingerprint density at radius 2 is 1.96 bits per heavy atom. The largest absolute Gasteiger partial charge is 0.336 e. The van der Waals surface area contributed by atoms with Gasteiger partial charge in [-0.2, -0.15) is 0 Å². The van der Waals surface area contributed by atoms with Crippen molar-refractivity contribution in [1.29, 1.82) is 0 Å². The second kappa shape index (κ2) is 6.06. The highest BCUT2D eigenvalue weighted by atomic mass is 35.5. The van der Waals surface area contributed by atoms with E-state index in [9.17, 15) is 0 Å². The van der Waals surface area contributed by atoms with Crippen LogP contribution in [0.1, 0.15) is 16.7 Å². The van der Waals surface area contributed by atoms with Gasteiger partial charge in [-0.15, -0.1) is 11.8 Å². The molecule has 1 unspecified atom stereocenters. The van der Waals surface area contributed by atoms with E-state index in [1.54, 1.807) is 0 Å². The molecule has 3 aromatic rings. The van der Waals surface area contributed by atoms with Gasteiger partial charge in [0.1, 0.15) is 0 Å². The third kappa shape index (κ3) is 2.91. The molecule has 116 valence electrons. The van der Waals surface area contributed by atoms with E-state index in [-0.39, 0.29) is 4.75 Å².